The van der Waals surface area contributed by atoms with Crippen molar-refractivity contribution < 1.29 is 8.42 Å². The number of nitrogens with one attached hydrogen (secondary N) is 1. The van der Waals surface area contributed by atoms with E-state index in [0.717, 1.165) is 12.8 Å². The van der Waals surface area contributed by atoms with Crippen molar-refractivity contribution in [1.29, 1.82) is 0 Å². The van der Waals surface area contributed by atoms with Gasteiger partial charge in [0.25, 0.3) is 0 Å². The lowest BCUT2D eigenvalue weighted by atomic mass is 10.0. The van der Waals surface area contributed by atoms with Gasteiger partial charge in [0.05, 0.1) is 11.9 Å². The number of sulfonamides is 1. The third kappa shape index (κ3) is 2.85. The summed E-state index contributed by atoms with van der Waals surface area (Å²) in [4.78, 5) is 0.273. The molecule has 0 aliphatic carbocycles. The predicted octanol–water partition coefficient (Wildman–Crippen LogP) is 0.499. The minimum atomic E-state index is -3.41. The van der Waals surface area contributed by atoms with E-state index < -0.39 is 10.0 Å². The lowest BCUT2D eigenvalue weighted by molar-refractivity contribution is 0.271. The quantitative estimate of drug-likeness (QED) is 0.849. The van der Waals surface area contributed by atoms with Crippen molar-refractivity contribution in [2.45, 2.75) is 24.7 Å². The second-order valence-electron chi connectivity index (χ2n) is 4.47. The minimum Gasteiger partial charge on any atom is -0.330 e. The second kappa shape index (κ2) is 6.01. The highest BCUT2D eigenvalue weighted by molar-refractivity contribution is 7.89. The van der Waals surface area contributed by atoms with Crippen molar-refractivity contribution in [3.8, 4) is 0 Å². The molecule has 1 aliphatic rings. The highest BCUT2D eigenvalue weighted by atomic mass is 35.5. The van der Waals surface area contributed by atoms with Gasteiger partial charge >= 0.3 is 0 Å². The van der Waals surface area contributed by atoms with Gasteiger partial charge in [-0.05, 0) is 32.2 Å². The van der Waals surface area contributed by atoms with Gasteiger partial charge in [-0.15, -0.1) is 12.4 Å². The molecule has 2 heterocycles. The molecule has 6 nitrogen and oxygen atoms in total. The number of H-pyrrole nitrogens is 1. The molecule has 1 unspecified atom stereocenters. The summed E-state index contributed by atoms with van der Waals surface area (Å²) in [6.07, 6.45) is 3.25. The van der Waals surface area contributed by atoms with E-state index in [2.05, 4.69) is 10.2 Å². The third-order valence-electron chi connectivity index (χ3n) is 3.22. The number of piperidine rings is 1. The topological polar surface area (TPSA) is 92.1 Å². The summed E-state index contributed by atoms with van der Waals surface area (Å²) in [5, 5.41) is 6.42. The van der Waals surface area contributed by atoms with E-state index in [0.29, 0.717) is 25.3 Å². The Morgan fingerprint density at radius 2 is 2.33 bits per heavy atom. The largest absolute Gasteiger partial charge is 0.330 e. The number of nitrogens with two attached hydrogens (primary N) is 1. The second-order valence-corrected chi connectivity index (χ2v) is 6.37. The molecule has 0 aromatic carbocycles. The van der Waals surface area contributed by atoms with Crippen molar-refractivity contribution in [2.24, 2.45) is 11.7 Å². The Labute approximate surface area is 113 Å². The Kier molecular flexibility index (Phi) is 5.15. The van der Waals surface area contributed by atoms with Crippen LogP contribution >= 0.6 is 12.4 Å². The zero-order valence-electron chi connectivity index (χ0n) is 10.3. The van der Waals surface area contributed by atoms with E-state index in [4.69, 9.17) is 5.73 Å². The van der Waals surface area contributed by atoms with E-state index in [-0.39, 0.29) is 23.2 Å². The number of aromatic amines is 1. The van der Waals surface area contributed by atoms with Gasteiger partial charge < -0.3 is 5.73 Å². The Morgan fingerprint density at radius 3 is 2.89 bits per heavy atom. The van der Waals surface area contributed by atoms with E-state index in [9.17, 15) is 8.42 Å². The minimum absolute atomic E-state index is 0. The van der Waals surface area contributed by atoms with Gasteiger partial charge in [-0.1, -0.05) is 0 Å². The van der Waals surface area contributed by atoms with E-state index in [1.807, 2.05) is 0 Å². The fraction of sp³-hybridized carbons (Fsp3) is 0.700. The summed E-state index contributed by atoms with van der Waals surface area (Å²) in [5.74, 6) is 0.269. The maximum absolute atomic E-state index is 12.4. The maximum Gasteiger partial charge on any atom is 0.246 e. The van der Waals surface area contributed by atoms with Crippen LogP contribution in [0, 0.1) is 12.8 Å². The van der Waals surface area contributed by atoms with Crippen molar-refractivity contribution in [3.63, 3.8) is 0 Å². The monoisotopic (exact) mass is 294 g/mol. The van der Waals surface area contributed by atoms with Crippen molar-refractivity contribution in [1.82, 2.24) is 14.5 Å². The van der Waals surface area contributed by atoms with Crippen molar-refractivity contribution in [3.05, 3.63) is 11.9 Å². The molecule has 18 heavy (non-hydrogen) atoms. The molecule has 1 aromatic rings. The normalized spacial score (nSPS) is 21.6. The molecule has 0 radical (unpaired) electrons. The smallest absolute Gasteiger partial charge is 0.246 e. The molecule has 1 saturated heterocycles. The molecular formula is C10H19ClN4O2S. The first kappa shape index (κ1) is 15.4. The Bertz CT molecular complexity index is 488. The van der Waals surface area contributed by atoms with Gasteiger partial charge in [-0.2, -0.15) is 9.40 Å². The molecule has 1 atom stereocenters. The molecule has 2 rings (SSSR count). The highest BCUT2D eigenvalue weighted by Crippen LogP contribution is 2.24. The summed E-state index contributed by atoms with van der Waals surface area (Å²) in [5.41, 5.74) is 6.20. The van der Waals surface area contributed by atoms with Gasteiger partial charge in [0, 0.05) is 13.1 Å². The van der Waals surface area contributed by atoms with Crippen LogP contribution in [-0.4, -0.2) is 42.6 Å². The Hall–Kier alpha value is -0.630. The molecule has 8 heteroatoms. The van der Waals surface area contributed by atoms with Crippen LogP contribution in [0.1, 0.15) is 18.5 Å². The zero-order chi connectivity index (χ0) is 12.5. The van der Waals surface area contributed by atoms with Gasteiger partial charge in [0.15, 0.2) is 0 Å². The van der Waals surface area contributed by atoms with Crippen LogP contribution < -0.4 is 5.73 Å². The van der Waals surface area contributed by atoms with Crippen LogP contribution in [0.25, 0.3) is 0 Å². The third-order valence-corrected chi connectivity index (χ3v) is 5.20. The average molecular weight is 295 g/mol. The summed E-state index contributed by atoms with van der Waals surface area (Å²) < 4.78 is 26.2. The van der Waals surface area contributed by atoms with Gasteiger partial charge in [-0.25, -0.2) is 8.42 Å². The predicted molar refractivity (Wildman–Crippen MR) is 71.1 cm³/mol. The number of hydrogen-bond acceptors (Lipinski definition) is 4. The first-order chi connectivity index (χ1) is 8.05. The fourth-order valence-electron chi connectivity index (χ4n) is 2.18. The van der Waals surface area contributed by atoms with Crippen molar-refractivity contribution >= 4 is 22.4 Å². The number of nitrogens with zero attached hydrogens (tertiary/aromatic N) is 2. The molecule has 3 N–H and O–H groups in total. The first-order valence-electron chi connectivity index (χ1n) is 5.76. The highest BCUT2D eigenvalue weighted by Gasteiger charge is 2.31. The van der Waals surface area contributed by atoms with Crippen LogP contribution in [0.5, 0.6) is 0 Å². The summed E-state index contributed by atoms with van der Waals surface area (Å²) in [7, 11) is -3.41. The number of rotatable bonds is 3. The van der Waals surface area contributed by atoms with Crippen LogP contribution in [-0.2, 0) is 10.0 Å². The van der Waals surface area contributed by atoms with Gasteiger partial charge in [0.2, 0.25) is 10.0 Å². The SMILES string of the molecule is Cc1[nH]ncc1S(=O)(=O)N1CCCC(CN)C1.Cl. The molecule has 1 aromatic heterocycles. The Morgan fingerprint density at radius 1 is 1.61 bits per heavy atom. The zero-order valence-corrected chi connectivity index (χ0v) is 11.9. The van der Waals surface area contributed by atoms with Crippen LogP contribution in [0.2, 0.25) is 0 Å². The standard InChI is InChI=1S/C10H18N4O2S.ClH/c1-8-10(6-12-13-8)17(15,16)14-4-2-3-9(5-11)7-14;/h6,9H,2-5,7,11H2,1H3,(H,12,13);1H. The fourth-order valence-corrected chi connectivity index (χ4v) is 3.85. The molecule has 0 saturated carbocycles. The lowest BCUT2D eigenvalue weighted by Crippen LogP contribution is -2.42. The lowest BCUT2D eigenvalue weighted by Gasteiger charge is -2.31. The molecular weight excluding hydrogens is 276 g/mol. The van der Waals surface area contributed by atoms with Crippen LogP contribution in [0.4, 0.5) is 0 Å². The molecule has 0 bridgehead atoms. The molecule has 1 aliphatic heterocycles. The molecule has 0 spiro atoms. The van der Waals surface area contributed by atoms with Crippen molar-refractivity contribution in [2.75, 3.05) is 19.6 Å². The van der Waals surface area contributed by atoms with E-state index in [1.165, 1.54) is 10.5 Å². The molecule has 104 valence electrons. The number of aryl methyl sites for hydroxylation is 1. The maximum atomic E-state index is 12.4. The van der Waals surface area contributed by atoms with E-state index in [1.54, 1.807) is 6.92 Å². The summed E-state index contributed by atoms with van der Waals surface area (Å²) >= 11 is 0. The van der Waals surface area contributed by atoms with Gasteiger partial charge in [-0.3, -0.25) is 5.10 Å². The average Bonchev–Trinajstić information content (AvgIpc) is 2.76. The van der Waals surface area contributed by atoms with Crippen LogP contribution in [0.3, 0.4) is 0 Å². The summed E-state index contributed by atoms with van der Waals surface area (Å²) in [6, 6.07) is 0. The number of aromatic nitrogens is 2. The molecule has 0 amide bonds. The summed E-state index contributed by atoms with van der Waals surface area (Å²) in [6.45, 7) is 3.34. The Balaban J connectivity index is 0.00000162. The van der Waals surface area contributed by atoms with E-state index >= 15 is 0 Å². The first-order valence-corrected chi connectivity index (χ1v) is 7.20. The molecule has 1 fully saturated rings. The number of hydrogen-bond donors (Lipinski definition) is 2. The van der Waals surface area contributed by atoms with Crippen LogP contribution in [0.15, 0.2) is 11.1 Å². The number of halogens is 1. The van der Waals surface area contributed by atoms with Gasteiger partial charge in [0.1, 0.15) is 4.90 Å².